The lowest BCUT2D eigenvalue weighted by molar-refractivity contribution is -0.143. The molecule has 0 aliphatic rings. The zero-order chi connectivity index (χ0) is 21.3. The maximum absolute atomic E-state index is 12.1. The van der Waals surface area contributed by atoms with Crippen molar-refractivity contribution in [3.63, 3.8) is 0 Å². The smallest absolute Gasteiger partial charge is 0.413 e. The maximum Gasteiger partial charge on any atom is 0.413 e. The predicted molar refractivity (Wildman–Crippen MR) is 95.9 cm³/mol. The molecule has 0 bridgehead atoms. The molecule has 11 heteroatoms. The molecule has 2 atom stereocenters. The van der Waals surface area contributed by atoms with Crippen LogP contribution in [-0.4, -0.2) is 53.3 Å². The van der Waals surface area contributed by atoms with Crippen LogP contribution in [0.15, 0.2) is 18.2 Å². The molecule has 1 aromatic rings. The molecule has 0 aromatic heterocycles. The van der Waals surface area contributed by atoms with Gasteiger partial charge in [-0.05, 0) is 31.0 Å². The summed E-state index contributed by atoms with van der Waals surface area (Å²) in [6, 6.07) is 2.19. The van der Waals surface area contributed by atoms with Gasteiger partial charge in [0, 0.05) is 13.0 Å². The fraction of sp³-hybridized carbons (Fsp3) is 0.412. The van der Waals surface area contributed by atoms with Gasteiger partial charge in [0.05, 0.1) is 7.11 Å². The number of hydrogen-bond acceptors (Lipinski definition) is 7. The molecule has 0 saturated heterocycles. The molecular formula is C17H23N3O8. The van der Waals surface area contributed by atoms with Gasteiger partial charge in [0.2, 0.25) is 5.91 Å². The molecule has 1 aromatic carbocycles. The molecule has 28 heavy (non-hydrogen) atoms. The van der Waals surface area contributed by atoms with Crippen LogP contribution in [-0.2, 0) is 20.9 Å². The van der Waals surface area contributed by atoms with Crippen LogP contribution in [0.5, 0.6) is 11.5 Å². The second-order valence-corrected chi connectivity index (χ2v) is 5.78. The summed E-state index contributed by atoms with van der Waals surface area (Å²) in [7, 11) is 1.39. The summed E-state index contributed by atoms with van der Waals surface area (Å²) in [5.41, 5.74) is 6.29. The molecule has 0 unspecified atom stereocenters. The van der Waals surface area contributed by atoms with Gasteiger partial charge in [-0.1, -0.05) is 6.07 Å². The van der Waals surface area contributed by atoms with Gasteiger partial charge in [-0.2, -0.15) is 0 Å². The second kappa shape index (κ2) is 10.7. The molecule has 0 aliphatic carbocycles. The first-order valence-electron chi connectivity index (χ1n) is 8.28. The molecule has 1 rings (SSSR count). The number of ether oxygens (including phenoxy) is 2. The number of carboxylic acids is 2. The topological polar surface area (TPSA) is 177 Å². The van der Waals surface area contributed by atoms with Crippen molar-refractivity contribution in [2.45, 2.75) is 38.4 Å². The van der Waals surface area contributed by atoms with Crippen molar-refractivity contribution in [2.24, 2.45) is 5.73 Å². The van der Waals surface area contributed by atoms with Crippen molar-refractivity contribution in [3.05, 3.63) is 23.8 Å². The van der Waals surface area contributed by atoms with Gasteiger partial charge >= 0.3 is 18.0 Å². The highest BCUT2D eigenvalue weighted by molar-refractivity contribution is 5.89. The number of rotatable bonds is 10. The van der Waals surface area contributed by atoms with E-state index in [-0.39, 0.29) is 24.5 Å². The van der Waals surface area contributed by atoms with Crippen LogP contribution >= 0.6 is 0 Å². The van der Waals surface area contributed by atoms with Gasteiger partial charge in [0.1, 0.15) is 12.1 Å². The zero-order valence-corrected chi connectivity index (χ0v) is 15.4. The average molecular weight is 397 g/mol. The molecule has 11 nitrogen and oxygen atoms in total. The third-order valence-corrected chi connectivity index (χ3v) is 3.66. The van der Waals surface area contributed by atoms with Crippen LogP contribution in [0.2, 0.25) is 0 Å². The number of nitrogens with one attached hydrogen (secondary N) is 2. The van der Waals surface area contributed by atoms with Crippen LogP contribution in [0, 0.1) is 0 Å². The Bertz CT molecular complexity index is 737. The summed E-state index contributed by atoms with van der Waals surface area (Å²) in [4.78, 5) is 45.7. The van der Waals surface area contributed by atoms with E-state index in [0.717, 1.165) is 5.56 Å². The van der Waals surface area contributed by atoms with Crippen LogP contribution in [0.3, 0.4) is 0 Å². The Morgan fingerprint density at radius 3 is 2.36 bits per heavy atom. The average Bonchev–Trinajstić information content (AvgIpc) is 2.64. The Kier molecular flexibility index (Phi) is 8.69. The lowest BCUT2D eigenvalue weighted by atomic mass is 10.1. The number of carboxylic acid groups (broad SMARTS) is 2. The van der Waals surface area contributed by atoms with Crippen molar-refractivity contribution in [2.75, 3.05) is 7.11 Å². The maximum atomic E-state index is 12.1. The summed E-state index contributed by atoms with van der Waals surface area (Å²) < 4.78 is 10.2. The van der Waals surface area contributed by atoms with Crippen molar-refractivity contribution in [3.8, 4) is 11.5 Å². The van der Waals surface area contributed by atoms with Crippen LogP contribution < -0.4 is 25.8 Å². The third kappa shape index (κ3) is 7.11. The van der Waals surface area contributed by atoms with E-state index in [1.165, 1.54) is 20.1 Å². The summed E-state index contributed by atoms with van der Waals surface area (Å²) in [5.74, 6) is -3.00. The molecule has 154 valence electrons. The minimum absolute atomic E-state index is 0.106. The monoisotopic (exact) mass is 397 g/mol. The van der Waals surface area contributed by atoms with Gasteiger partial charge in [0.25, 0.3) is 0 Å². The lowest BCUT2D eigenvalue weighted by Crippen LogP contribution is -2.50. The van der Waals surface area contributed by atoms with E-state index in [2.05, 4.69) is 10.6 Å². The first kappa shape index (κ1) is 22.7. The number of carbonyl (C=O) groups is 4. The molecule has 0 radical (unpaired) electrons. The largest absolute Gasteiger partial charge is 0.493 e. The molecule has 2 amide bonds. The van der Waals surface area contributed by atoms with E-state index >= 15 is 0 Å². The highest BCUT2D eigenvalue weighted by atomic mass is 16.6. The number of methoxy groups -OCH3 is 1. The number of amides is 2. The Hall–Kier alpha value is -3.34. The molecular weight excluding hydrogens is 374 g/mol. The summed E-state index contributed by atoms with van der Waals surface area (Å²) in [5, 5.41) is 22.1. The first-order valence-corrected chi connectivity index (χ1v) is 8.28. The standard InChI is InChI=1S/C17H23N3O8/c1-9(15(23)20-11(16(24)25)4-6-14(21)22)19-17(26)28-12-5-3-10(8-18)7-13(12)27-2/h3,5,7,9,11H,4,6,8,18H2,1-2H3,(H,19,26)(H,20,23)(H,21,22)(H,24,25)/t9-,11-/m0/s1. The van der Waals surface area contributed by atoms with Gasteiger partial charge in [-0.15, -0.1) is 0 Å². The number of nitrogens with two attached hydrogens (primary N) is 1. The third-order valence-electron chi connectivity index (χ3n) is 3.66. The molecule has 0 heterocycles. The highest BCUT2D eigenvalue weighted by Gasteiger charge is 2.25. The Morgan fingerprint density at radius 2 is 1.82 bits per heavy atom. The second-order valence-electron chi connectivity index (χ2n) is 5.78. The van der Waals surface area contributed by atoms with Gasteiger partial charge in [0.15, 0.2) is 11.5 Å². The van der Waals surface area contributed by atoms with Gasteiger partial charge in [-0.3, -0.25) is 9.59 Å². The molecule has 0 spiro atoms. The van der Waals surface area contributed by atoms with E-state index in [9.17, 15) is 19.2 Å². The summed E-state index contributed by atoms with van der Waals surface area (Å²) in [6.45, 7) is 1.59. The molecule has 0 aliphatic heterocycles. The van der Waals surface area contributed by atoms with Crippen LogP contribution in [0.1, 0.15) is 25.3 Å². The Labute approximate surface area is 160 Å². The number of hydrogen-bond donors (Lipinski definition) is 5. The van der Waals surface area contributed by atoms with Crippen molar-refractivity contribution in [1.82, 2.24) is 10.6 Å². The fourth-order valence-electron chi connectivity index (χ4n) is 2.12. The Balaban J connectivity index is 2.66. The normalized spacial score (nSPS) is 12.4. The highest BCUT2D eigenvalue weighted by Crippen LogP contribution is 2.28. The minimum atomic E-state index is -1.40. The minimum Gasteiger partial charge on any atom is -0.493 e. The van der Waals surface area contributed by atoms with E-state index in [0.29, 0.717) is 0 Å². The summed E-state index contributed by atoms with van der Waals surface area (Å²) in [6.07, 6.45) is -1.68. The van der Waals surface area contributed by atoms with Gasteiger partial charge in [-0.25, -0.2) is 9.59 Å². The quantitative estimate of drug-likeness (QED) is 0.365. The van der Waals surface area contributed by atoms with E-state index in [1.807, 2.05) is 0 Å². The number of aliphatic carboxylic acids is 2. The zero-order valence-electron chi connectivity index (χ0n) is 15.4. The SMILES string of the molecule is COc1cc(CN)ccc1OC(=O)N[C@@H](C)C(=O)N[C@@H](CCC(=O)O)C(=O)O. The molecule has 0 fully saturated rings. The lowest BCUT2D eigenvalue weighted by Gasteiger charge is -2.18. The van der Waals surface area contributed by atoms with Crippen LogP contribution in [0.4, 0.5) is 4.79 Å². The van der Waals surface area contributed by atoms with Crippen molar-refractivity contribution >= 4 is 23.9 Å². The van der Waals surface area contributed by atoms with E-state index in [4.69, 9.17) is 25.4 Å². The van der Waals surface area contributed by atoms with Gasteiger partial charge < -0.3 is 36.1 Å². The van der Waals surface area contributed by atoms with E-state index < -0.39 is 42.4 Å². The number of carbonyl (C=O) groups excluding carboxylic acids is 2. The predicted octanol–water partition coefficient (Wildman–Crippen LogP) is 0.0650. The first-order chi connectivity index (χ1) is 13.2. The van der Waals surface area contributed by atoms with Crippen LogP contribution in [0.25, 0.3) is 0 Å². The van der Waals surface area contributed by atoms with E-state index in [1.54, 1.807) is 12.1 Å². The summed E-state index contributed by atoms with van der Waals surface area (Å²) >= 11 is 0. The van der Waals surface area contributed by atoms with Crippen molar-refractivity contribution in [1.29, 1.82) is 0 Å². The fourth-order valence-corrected chi connectivity index (χ4v) is 2.12. The van der Waals surface area contributed by atoms with Crippen molar-refractivity contribution < 1.29 is 38.9 Å². The Morgan fingerprint density at radius 1 is 1.14 bits per heavy atom. The molecule has 0 saturated carbocycles. The molecule has 6 N–H and O–H groups in total. The number of benzene rings is 1.